The average Bonchev–Trinajstić information content (AvgIpc) is 3.06. The van der Waals surface area contributed by atoms with Crippen molar-refractivity contribution in [2.45, 2.75) is 45.1 Å². The number of aromatic nitrogens is 2. The minimum Gasteiger partial charge on any atom is -0.344 e. The lowest BCUT2D eigenvalue weighted by atomic mass is 9.88. The maximum Gasteiger partial charge on any atom is 0.272 e. The molecule has 18 heavy (non-hydrogen) atoms. The minimum absolute atomic E-state index is 0.153. The van der Waals surface area contributed by atoms with Crippen LogP contribution < -0.4 is 11.1 Å². The molecule has 1 fully saturated rings. The Kier molecular flexibility index (Phi) is 3.43. The molecular weight excluding hydrogens is 228 g/mol. The summed E-state index contributed by atoms with van der Waals surface area (Å²) in [6.45, 7) is 6.47. The Labute approximate surface area is 108 Å². The SMILES string of the molecule is CC(C)C(C)(CN)NC(=O)c1cc(C2CC2)[nH]n1. The number of rotatable bonds is 5. The van der Waals surface area contributed by atoms with Gasteiger partial charge in [-0.05, 0) is 31.7 Å². The zero-order chi connectivity index (χ0) is 13.3. The largest absolute Gasteiger partial charge is 0.344 e. The Morgan fingerprint density at radius 2 is 2.33 bits per heavy atom. The number of nitrogens with one attached hydrogen (secondary N) is 2. The van der Waals surface area contributed by atoms with Gasteiger partial charge in [-0.3, -0.25) is 9.89 Å². The van der Waals surface area contributed by atoms with Crippen molar-refractivity contribution >= 4 is 5.91 Å². The first-order chi connectivity index (χ1) is 8.46. The van der Waals surface area contributed by atoms with Crippen molar-refractivity contribution in [2.75, 3.05) is 6.54 Å². The number of carbonyl (C=O) groups excluding carboxylic acids is 1. The molecule has 0 spiro atoms. The van der Waals surface area contributed by atoms with Gasteiger partial charge in [-0.1, -0.05) is 13.8 Å². The van der Waals surface area contributed by atoms with Crippen molar-refractivity contribution in [3.8, 4) is 0 Å². The van der Waals surface area contributed by atoms with Crippen molar-refractivity contribution in [1.82, 2.24) is 15.5 Å². The highest BCUT2D eigenvalue weighted by molar-refractivity contribution is 5.92. The van der Waals surface area contributed by atoms with Gasteiger partial charge in [0, 0.05) is 18.2 Å². The summed E-state index contributed by atoms with van der Waals surface area (Å²) in [6.07, 6.45) is 2.38. The number of aromatic amines is 1. The van der Waals surface area contributed by atoms with E-state index in [0.717, 1.165) is 5.69 Å². The molecule has 1 amide bonds. The first kappa shape index (κ1) is 13.1. The first-order valence-electron chi connectivity index (χ1n) is 6.54. The zero-order valence-corrected chi connectivity index (χ0v) is 11.3. The molecular formula is C13H22N4O. The lowest BCUT2D eigenvalue weighted by Gasteiger charge is -2.33. The van der Waals surface area contributed by atoms with Crippen molar-refractivity contribution < 1.29 is 4.79 Å². The van der Waals surface area contributed by atoms with Crippen LogP contribution in [0.25, 0.3) is 0 Å². The van der Waals surface area contributed by atoms with Gasteiger partial charge >= 0.3 is 0 Å². The van der Waals surface area contributed by atoms with Crippen LogP contribution in [-0.4, -0.2) is 28.2 Å². The fraction of sp³-hybridized carbons (Fsp3) is 0.692. The molecule has 100 valence electrons. The lowest BCUT2D eigenvalue weighted by molar-refractivity contribution is 0.0878. The van der Waals surface area contributed by atoms with E-state index in [1.807, 2.05) is 26.8 Å². The molecule has 1 unspecified atom stereocenters. The summed E-state index contributed by atoms with van der Waals surface area (Å²) in [5.74, 6) is 0.693. The summed E-state index contributed by atoms with van der Waals surface area (Å²) in [5.41, 5.74) is 6.89. The molecule has 5 nitrogen and oxygen atoms in total. The first-order valence-corrected chi connectivity index (χ1v) is 6.54. The lowest BCUT2D eigenvalue weighted by Crippen LogP contribution is -2.55. The quantitative estimate of drug-likeness (QED) is 0.738. The maximum absolute atomic E-state index is 12.1. The Morgan fingerprint density at radius 1 is 1.67 bits per heavy atom. The van der Waals surface area contributed by atoms with Gasteiger partial charge in [0.25, 0.3) is 5.91 Å². The van der Waals surface area contributed by atoms with Crippen LogP contribution in [0, 0.1) is 5.92 Å². The van der Waals surface area contributed by atoms with Crippen LogP contribution in [0.5, 0.6) is 0 Å². The van der Waals surface area contributed by atoms with Crippen molar-refractivity contribution in [3.63, 3.8) is 0 Å². The molecule has 5 heteroatoms. The molecule has 2 rings (SSSR count). The average molecular weight is 250 g/mol. The fourth-order valence-corrected chi connectivity index (χ4v) is 1.81. The van der Waals surface area contributed by atoms with Crippen LogP contribution in [0.15, 0.2) is 6.07 Å². The van der Waals surface area contributed by atoms with Crippen molar-refractivity contribution in [3.05, 3.63) is 17.5 Å². The van der Waals surface area contributed by atoms with E-state index >= 15 is 0 Å². The fourth-order valence-electron chi connectivity index (χ4n) is 1.81. The van der Waals surface area contributed by atoms with E-state index < -0.39 is 5.54 Å². The van der Waals surface area contributed by atoms with Crippen LogP contribution >= 0.6 is 0 Å². The number of hydrogen-bond acceptors (Lipinski definition) is 3. The monoisotopic (exact) mass is 250 g/mol. The van der Waals surface area contributed by atoms with Gasteiger partial charge < -0.3 is 11.1 Å². The highest BCUT2D eigenvalue weighted by Crippen LogP contribution is 2.39. The summed E-state index contributed by atoms with van der Waals surface area (Å²) < 4.78 is 0. The highest BCUT2D eigenvalue weighted by Gasteiger charge is 2.31. The number of nitrogens with two attached hydrogens (primary N) is 1. The van der Waals surface area contributed by atoms with E-state index in [2.05, 4.69) is 15.5 Å². The zero-order valence-electron chi connectivity index (χ0n) is 11.3. The van der Waals surface area contributed by atoms with E-state index in [0.29, 0.717) is 18.2 Å². The second-order valence-electron chi connectivity index (χ2n) is 5.71. The molecule has 1 heterocycles. The summed E-state index contributed by atoms with van der Waals surface area (Å²) in [6, 6.07) is 1.85. The van der Waals surface area contributed by atoms with Gasteiger partial charge in [0.1, 0.15) is 5.69 Å². The molecule has 0 bridgehead atoms. The topological polar surface area (TPSA) is 83.8 Å². The van der Waals surface area contributed by atoms with Crippen molar-refractivity contribution in [1.29, 1.82) is 0 Å². The third-order valence-electron chi connectivity index (χ3n) is 3.94. The minimum atomic E-state index is -0.393. The maximum atomic E-state index is 12.1. The van der Waals surface area contributed by atoms with E-state index in [4.69, 9.17) is 5.73 Å². The molecule has 0 aromatic carbocycles. The third kappa shape index (κ3) is 2.56. The normalized spacial score (nSPS) is 18.7. The standard InChI is InChI=1S/C13H22N4O/c1-8(2)13(3,7-14)15-12(18)11-6-10(16-17-11)9-4-5-9/h6,8-9H,4-5,7,14H2,1-3H3,(H,15,18)(H,16,17). The van der Waals surface area contributed by atoms with Gasteiger partial charge in [0.2, 0.25) is 0 Å². The summed E-state index contributed by atoms with van der Waals surface area (Å²) in [5, 5.41) is 10.0. The van der Waals surface area contributed by atoms with Gasteiger partial charge in [0.05, 0.1) is 5.54 Å². The second kappa shape index (κ2) is 4.72. The summed E-state index contributed by atoms with van der Waals surface area (Å²) >= 11 is 0. The number of H-pyrrole nitrogens is 1. The van der Waals surface area contributed by atoms with Crippen LogP contribution in [0.2, 0.25) is 0 Å². The highest BCUT2D eigenvalue weighted by atomic mass is 16.2. The summed E-state index contributed by atoms with van der Waals surface area (Å²) in [7, 11) is 0. The van der Waals surface area contributed by atoms with Gasteiger partial charge in [0.15, 0.2) is 0 Å². The Balaban J connectivity index is 2.05. The molecule has 0 radical (unpaired) electrons. The molecule has 1 saturated carbocycles. The molecule has 0 saturated heterocycles. The van der Waals surface area contributed by atoms with E-state index in [9.17, 15) is 4.79 Å². The number of carbonyl (C=O) groups is 1. The van der Waals surface area contributed by atoms with Gasteiger partial charge in [-0.15, -0.1) is 0 Å². The van der Waals surface area contributed by atoms with E-state index in [1.54, 1.807) is 0 Å². The Bertz CT molecular complexity index is 436. The molecule has 1 aliphatic rings. The van der Waals surface area contributed by atoms with Crippen LogP contribution in [0.4, 0.5) is 0 Å². The van der Waals surface area contributed by atoms with Crippen LogP contribution in [0.1, 0.15) is 55.7 Å². The Hall–Kier alpha value is -1.36. The number of nitrogens with zero attached hydrogens (tertiary/aromatic N) is 1. The Morgan fingerprint density at radius 3 is 2.83 bits per heavy atom. The molecule has 0 aliphatic heterocycles. The molecule has 4 N–H and O–H groups in total. The van der Waals surface area contributed by atoms with Gasteiger partial charge in [-0.25, -0.2) is 0 Å². The predicted octanol–water partition coefficient (Wildman–Crippen LogP) is 1.39. The smallest absolute Gasteiger partial charge is 0.272 e. The predicted molar refractivity (Wildman–Crippen MR) is 70.3 cm³/mol. The van der Waals surface area contributed by atoms with Crippen LogP contribution in [-0.2, 0) is 0 Å². The third-order valence-corrected chi connectivity index (χ3v) is 3.94. The molecule has 1 aliphatic carbocycles. The molecule has 1 aromatic rings. The van der Waals surface area contributed by atoms with Crippen LogP contribution in [0.3, 0.4) is 0 Å². The van der Waals surface area contributed by atoms with Crippen molar-refractivity contribution in [2.24, 2.45) is 11.7 Å². The molecule has 1 aromatic heterocycles. The van der Waals surface area contributed by atoms with Gasteiger partial charge in [-0.2, -0.15) is 5.10 Å². The van der Waals surface area contributed by atoms with E-state index in [1.165, 1.54) is 12.8 Å². The number of amides is 1. The summed E-state index contributed by atoms with van der Waals surface area (Å²) in [4.78, 5) is 12.1. The molecule has 1 atom stereocenters. The second-order valence-corrected chi connectivity index (χ2v) is 5.71. The number of hydrogen-bond donors (Lipinski definition) is 3. The van der Waals surface area contributed by atoms with E-state index in [-0.39, 0.29) is 11.8 Å².